The molecule has 0 saturated carbocycles. The lowest BCUT2D eigenvalue weighted by atomic mass is 10.2. The quantitative estimate of drug-likeness (QED) is 0.486. The maximum Gasteiger partial charge on any atom is 0.321 e. The van der Waals surface area contributed by atoms with E-state index >= 15 is 0 Å². The number of nitrogens with zero attached hydrogens (tertiary/aromatic N) is 3. The Hall–Kier alpha value is -2.96. The van der Waals surface area contributed by atoms with Gasteiger partial charge in [0.15, 0.2) is 5.13 Å². The Labute approximate surface area is 172 Å². The van der Waals surface area contributed by atoms with E-state index in [1.165, 1.54) is 29.9 Å². The lowest BCUT2D eigenvalue weighted by Crippen LogP contribution is -2.28. The van der Waals surface area contributed by atoms with Gasteiger partial charge in [0.05, 0.1) is 10.9 Å². The molecular weight excluding hydrogens is 419 g/mol. The van der Waals surface area contributed by atoms with Crippen LogP contribution in [0.25, 0.3) is 0 Å². The van der Waals surface area contributed by atoms with Crippen LogP contribution in [0.15, 0.2) is 42.0 Å². The third-order valence-electron chi connectivity index (χ3n) is 3.74. The second kappa shape index (κ2) is 9.49. The Bertz CT molecular complexity index is 1010. The SMILES string of the molecule is CNc1ncc(C(c2csc(NC(=O)NCc3cccc(F)c3)n2)S(=O)[O-])cn1. The first-order valence-electron chi connectivity index (χ1n) is 8.28. The predicted octanol–water partition coefficient (Wildman–Crippen LogP) is 2.40. The Balaban J connectivity index is 1.66. The van der Waals surface area contributed by atoms with E-state index in [4.69, 9.17) is 0 Å². The predicted molar refractivity (Wildman–Crippen MR) is 107 cm³/mol. The Kier molecular flexibility index (Phi) is 6.80. The largest absolute Gasteiger partial charge is 0.772 e. The van der Waals surface area contributed by atoms with Crippen molar-refractivity contribution in [2.24, 2.45) is 0 Å². The summed E-state index contributed by atoms with van der Waals surface area (Å²) in [6, 6.07) is 5.32. The Morgan fingerprint density at radius 1 is 1.34 bits per heavy atom. The number of urea groups is 1. The van der Waals surface area contributed by atoms with Crippen LogP contribution in [0.4, 0.5) is 20.3 Å². The fraction of sp³-hybridized carbons (Fsp3) is 0.176. The van der Waals surface area contributed by atoms with Gasteiger partial charge in [-0.3, -0.25) is 9.53 Å². The summed E-state index contributed by atoms with van der Waals surface area (Å²) in [5, 5.41) is 8.56. The summed E-state index contributed by atoms with van der Waals surface area (Å²) in [4.78, 5) is 24.2. The maximum absolute atomic E-state index is 13.2. The second-order valence-corrected chi connectivity index (χ2v) is 7.60. The fourth-order valence-corrected chi connectivity index (χ4v) is 3.90. The zero-order valence-corrected chi connectivity index (χ0v) is 16.7. The number of nitrogens with one attached hydrogen (secondary N) is 3. The molecule has 0 aliphatic carbocycles. The van der Waals surface area contributed by atoms with Gasteiger partial charge in [0.25, 0.3) is 0 Å². The molecule has 1 aromatic carbocycles. The van der Waals surface area contributed by atoms with E-state index in [0.717, 1.165) is 11.3 Å². The van der Waals surface area contributed by atoms with Crippen molar-refractivity contribution in [3.8, 4) is 0 Å². The summed E-state index contributed by atoms with van der Waals surface area (Å²) in [7, 11) is 1.65. The number of carbonyl (C=O) groups excluding carboxylic acids is 1. The van der Waals surface area contributed by atoms with Crippen LogP contribution in [0.2, 0.25) is 0 Å². The first-order valence-corrected chi connectivity index (χ1v) is 10.3. The maximum atomic E-state index is 13.2. The van der Waals surface area contributed by atoms with Crippen LogP contribution in [-0.2, 0) is 17.6 Å². The summed E-state index contributed by atoms with van der Waals surface area (Å²) in [6.07, 6.45) is 2.80. The minimum Gasteiger partial charge on any atom is -0.772 e. The monoisotopic (exact) mass is 435 g/mol. The molecule has 3 rings (SSSR count). The third kappa shape index (κ3) is 5.53. The van der Waals surface area contributed by atoms with E-state index in [1.807, 2.05) is 0 Å². The lowest BCUT2D eigenvalue weighted by Gasteiger charge is -2.17. The number of hydrogen-bond acceptors (Lipinski definition) is 8. The van der Waals surface area contributed by atoms with Crippen LogP contribution in [0.3, 0.4) is 0 Å². The number of benzene rings is 1. The molecule has 2 atom stereocenters. The van der Waals surface area contributed by atoms with Gasteiger partial charge < -0.3 is 15.2 Å². The number of rotatable bonds is 7. The van der Waals surface area contributed by atoms with Gasteiger partial charge in [0, 0.05) is 36.9 Å². The van der Waals surface area contributed by atoms with Crippen molar-refractivity contribution in [3.05, 3.63) is 64.7 Å². The normalized spacial score (nSPS) is 12.8. The topological polar surface area (TPSA) is 132 Å². The van der Waals surface area contributed by atoms with Crippen molar-refractivity contribution in [1.29, 1.82) is 0 Å². The fourth-order valence-electron chi connectivity index (χ4n) is 2.42. The van der Waals surface area contributed by atoms with Crippen molar-refractivity contribution in [1.82, 2.24) is 20.3 Å². The summed E-state index contributed by atoms with van der Waals surface area (Å²) in [6.45, 7) is 0.129. The molecule has 2 unspecified atom stereocenters. The highest BCUT2D eigenvalue weighted by Gasteiger charge is 2.20. The van der Waals surface area contributed by atoms with E-state index in [2.05, 4.69) is 30.9 Å². The first-order chi connectivity index (χ1) is 14.0. The Morgan fingerprint density at radius 2 is 2.10 bits per heavy atom. The highest BCUT2D eigenvalue weighted by Crippen LogP contribution is 2.29. The molecule has 0 bridgehead atoms. The highest BCUT2D eigenvalue weighted by molar-refractivity contribution is 7.79. The summed E-state index contributed by atoms with van der Waals surface area (Å²) < 4.78 is 36.6. The molecule has 3 N–H and O–H groups in total. The number of amides is 2. The molecule has 0 spiro atoms. The molecular formula is C17H16FN6O3S2-. The highest BCUT2D eigenvalue weighted by atomic mass is 32.2. The minimum atomic E-state index is -2.51. The molecule has 9 nitrogen and oxygen atoms in total. The van der Waals surface area contributed by atoms with E-state index in [1.54, 1.807) is 19.2 Å². The summed E-state index contributed by atoms with van der Waals surface area (Å²) in [5.41, 5.74) is 1.20. The van der Waals surface area contributed by atoms with Gasteiger partial charge in [-0.1, -0.05) is 12.1 Å². The van der Waals surface area contributed by atoms with Crippen molar-refractivity contribution in [2.75, 3.05) is 17.7 Å². The van der Waals surface area contributed by atoms with E-state index in [-0.39, 0.29) is 17.4 Å². The average molecular weight is 435 g/mol. The first kappa shape index (κ1) is 20.8. The number of carbonyl (C=O) groups is 1. The molecule has 2 amide bonds. The molecule has 12 heteroatoms. The molecule has 0 fully saturated rings. The second-order valence-electron chi connectivity index (χ2n) is 5.75. The number of anilines is 2. The summed E-state index contributed by atoms with van der Waals surface area (Å²) in [5.74, 6) is -0.0301. The number of thiazole rings is 1. The molecule has 152 valence electrons. The minimum absolute atomic E-state index is 0.129. The van der Waals surface area contributed by atoms with Gasteiger partial charge in [0.2, 0.25) is 5.95 Å². The van der Waals surface area contributed by atoms with Crippen molar-refractivity contribution in [3.63, 3.8) is 0 Å². The van der Waals surface area contributed by atoms with Crippen LogP contribution in [0.5, 0.6) is 0 Å². The van der Waals surface area contributed by atoms with Gasteiger partial charge in [-0.2, -0.15) is 0 Å². The molecule has 3 aromatic rings. The zero-order chi connectivity index (χ0) is 20.8. The van der Waals surface area contributed by atoms with Crippen LogP contribution < -0.4 is 16.0 Å². The van der Waals surface area contributed by atoms with Gasteiger partial charge in [-0.15, -0.1) is 11.3 Å². The zero-order valence-electron chi connectivity index (χ0n) is 15.1. The number of hydrogen-bond donors (Lipinski definition) is 3. The van der Waals surface area contributed by atoms with Crippen LogP contribution in [-0.4, -0.2) is 36.8 Å². The molecule has 0 aliphatic heterocycles. The molecule has 0 aliphatic rings. The number of aromatic nitrogens is 3. The smallest absolute Gasteiger partial charge is 0.321 e. The van der Waals surface area contributed by atoms with Crippen molar-refractivity contribution < 1.29 is 17.9 Å². The van der Waals surface area contributed by atoms with Gasteiger partial charge in [0.1, 0.15) is 5.82 Å². The third-order valence-corrected chi connectivity index (χ3v) is 5.42. The molecule has 29 heavy (non-hydrogen) atoms. The van der Waals surface area contributed by atoms with Crippen molar-refractivity contribution in [2.45, 2.75) is 11.8 Å². The summed E-state index contributed by atoms with van der Waals surface area (Å²) >= 11 is -1.43. The average Bonchev–Trinajstić information content (AvgIpc) is 3.14. The lowest BCUT2D eigenvalue weighted by molar-refractivity contribution is 0.251. The molecule has 0 saturated heterocycles. The van der Waals surface area contributed by atoms with Crippen LogP contribution in [0, 0.1) is 5.82 Å². The van der Waals surface area contributed by atoms with Crippen LogP contribution >= 0.6 is 11.3 Å². The molecule has 0 radical (unpaired) electrons. The molecule has 2 aromatic heterocycles. The van der Waals surface area contributed by atoms with Gasteiger partial charge in [-0.25, -0.2) is 24.1 Å². The van der Waals surface area contributed by atoms with Gasteiger partial charge in [-0.05, 0) is 28.8 Å². The molecule has 2 heterocycles. The van der Waals surface area contributed by atoms with Gasteiger partial charge >= 0.3 is 6.03 Å². The van der Waals surface area contributed by atoms with E-state index in [9.17, 15) is 17.9 Å². The standard InChI is InChI=1S/C17H17FN6O3S2/c1-19-15-20-7-11(8-21-15)14(29(26)27)13-9-28-17(23-13)24-16(25)22-6-10-3-2-4-12(18)5-10/h2-5,7-9,14H,6H2,1H3,(H,26,27)(H,19,20,21)(H2,22,23,24,25)/p-1. The van der Waals surface area contributed by atoms with E-state index < -0.39 is 28.2 Å². The van der Waals surface area contributed by atoms with E-state index in [0.29, 0.717) is 17.1 Å². The van der Waals surface area contributed by atoms with Crippen molar-refractivity contribution >= 4 is 39.5 Å². The Morgan fingerprint density at radius 3 is 2.76 bits per heavy atom. The van der Waals surface area contributed by atoms with Crippen LogP contribution in [0.1, 0.15) is 22.1 Å². The number of halogens is 1.